The van der Waals surface area contributed by atoms with Gasteiger partial charge in [0.25, 0.3) is 0 Å². The second kappa shape index (κ2) is 9.86. The summed E-state index contributed by atoms with van der Waals surface area (Å²) in [5.74, 6) is 0.158. The van der Waals surface area contributed by atoms with Gasteiger partial charge in [-0.25, -0.2) is 14.8 Å². The van der Waals surface area contributed by atoms with Crippen molar-refractivity contribution in [2.75, 3.05) is 30.0 Å². The fraction of sp³-hybridized carbons (Fsp3) is 0.737. The van der Waals surface area contributed by atoms with Crippen LogP contribution >= 0.6 is 23.4 Å². The van der Waals surface area contributed by atoms with Crippen LogP contribution in [-0.4, -0.2) is 65.0 Å². The van der Waals surface area contributed by atoms with E-state index in [1.807, 2.05) is 13.8 Å². The first-order valence-electron chi connectivity index (χ1n) is 10.1. The van der Waals surface area contributed by atoms with Gasteiger partial charge in [-0.3, -0.25) is 0 Å². The fourth-order valence-electron chi connectivity index (χ4n) is 3.58. The summed E-state index contributed by atoms with van der Waals surface area (Å²) in [5, 5.41) is 4.11. The topological polar surface area (TPSA) is 118 Å². The van der Waals surface area contributed by atoms with Crippen molar-refractivity contribution in [2.24, 2.45) is 0 Å². The average molecular weight is 461 g/mol. The molecule has 168 valence electrons. The molecule has 1 saturated carbocycles. The maximum absolute atomic E-state index is 11.7. The monoisotopic (exact) mass is 460 g/mol. The number of anilines is 2. The normalized spacial score (nSPS) is 27.1. The van der Waals surface area contributed by atoms with Gasteiger partial charge in [0, 0.05) is 5.75 Å². The molecule has 11 heteroatoms. The molecule has 1 aliphatic heterocycles. The summed E-state index contributed by atoms with van der Waals surface area (Å²) in [5.41, 5.74) is 6.40. The number of carbonyl (C=O) groups is 1. The quantitative estimate of drug-likeness (QED) is 0.246. The Bertz CT molecular complexity index is 769. The summed E-state index contributed by atoms with van der Waals surface area (Å²) in [6.07, 6.45) is 0.562. The van der Waals surface area contributed by atoms with Crippen LogP contribution in [0.1, 0.15) is 40.5 Å². The van der Waals surface area contributed by atoms with Crippen molar-refractivity contribution < 1.29 is 23.7 Å². The van der Waals surface area contributed by atoms with Gasteiger partial charge in [-0.15, -0.1) is 0 Å². The van der Waals surface area contributed by atoms with Gasteiger partial charge in [0.1, 0.15) is 24.5 Å². The van der Waals surface area contributed by atoms with E-state index >= 15 is 0 Å². The number of hydrogen-bond acceptors (Lipinski definition) is 10. The maximum Gasteiger partial charge on any atom is 0.332 e. The first kappa shape index (κ1) is 23.3. The Hall–Kier alpha value is -1.33. The van der Waals surface area contributed by atoms with Crippen LogP contribution in [0.25, 0.3) is 0 Å². The van der Waals surface area contributed by atoms with E-state index < -0.39 is 11.8 Å². The van der Waals surface area contributed by atoms with Crippen LogP contribution in [-0.2, 0) is 23.7 Å². The lowest BCUT2D eigenvalue weighted by Crippen LogP contribution is -2.35. The van der Waals surface area contributed by atoms with Gasteiger partial charge in [-0.05, 0) is 33.6 Å². The Morgan fingerprint density at radius 3 is 2.77 bits per heavy atom. The standard InChI is InChI=1S/C19H29ClN4O5S/c1-5-7-30-18-23-16(20)13(21)17(24-18)22-10-8-11(27-9-12(25)26-6-2)15-14(10)28-19(3,4)29-15/h10-11,14-15H,5-9,21H2,1-4H3,(H,22,23,24)/t10?,11-,14-,15+/m0/s1. The number of carbonyl (C=O) groups excluding carboxylic acids is 1. The minimum atomic E-state index is -0.766. The highest BCUT2D eigenvalue weighted by Crippen LogP contribution is 2.41. The zero-order chi connectivity index (χ0) is 21.9. The summed E-state index contributed by atoms with van der Waals surface area (Å²) < 4.78 is 22.9. The Kier molecular flexibility index (Phi) is 7.67. The number of rotatable bonds is 9. The number of esters is 1. The van der Waals surface area contributed by atoms with Gasteiger partial charge < -0.3 is 30.0 Å². The number of nitrogens with one attached hydrogen (secondary N) is 1. The van der Waals surface area contributed by atoms with E-state index in [9.17, 15) is 4.79 Å². The third-order valence-corrected chi connectivity index (χ3v) is 6.11. The van der Waals surface area contributed by atoms with Crippen LogP contribution < -0.4 is 11.1 Å². The Morgan fingerprint density at radius 2 is 2.07 bits per heavy atom. The first-order valence-corrected chi connectivity index (χ1v) is 11.5. The lowest BCUT2D eigenvalue weighted by molar-refractivity contribution is -0.171. The summed E-state index contributed by atoms with van der Waals surface area (Å²) in [7, 11) is 0. The van der Waals surface area contributed by atoms with Gasteiger partial charge in [-0.1, -0.05) is 30.3 Å². The molecule has 0 radical (unpaired) electrons. The number of nitrogens with zero attached hydrogens (tertiary/aromatic N) is 2. The molecule has 0 spiro atoms. The second-order valence-corrected chi connectivity index (χ2v) is 9.03. The van der Waals surface area contributed by atoms with Crippen LogP contribution in [0, 0.1) is 0 Å². The second-order valence-electron chi connectivity index (χ2n) is 7.61. The van der Waals surface area contributed by atoms with Gasteiger partial charge in [0.15, 0.2) is 21.9 Å². The number of ether oxygens (including phenoxy) is 4. The number of nitrogens with two attached hydrogens (primary N) is 1. The molecular formula is C19H29ClN4O5S. The lowest BCUT2D eigenvalue weighted by atomic mass is 10.2. The van der Waals surface area contributed by atoms with E-state index in [-0.39, 0.29) is 41.8 Å². The van der Waals surface area contributed by atoms with E-state index in [1.165, 1.54) is 11.8 Å². The lowest BCUT2D eigenvalue weighted by Gasteiger charge is -2.24. The number of thioether (sulfide) groups is 1. The molecule has 3 rings (SSSR count). The van der Waals surface area contributed by atoms with Crippen molar-refractivity contribution >= 4 is 40.8 Å². The molecular weight excluding hydrogens is 432 g/mol. The smallest absolute Gasteiger partial charge is 0.332 e. The van der Waals surface area contributed by atoms with Crippen LogP contribution in [0.15, 0.2) is 5.16 Å². The molecule has 1 saturated heterocycles. The molecule has 1 aromatic rings. The largest absolute Gasteiger partial charge is 0.464 e. The molecule has 30 heavy (non-hydrogen) atoms. The van der Waals surface area contributed by atoms with Crippen molar-refractivity contribution in [1.29, 1.82) is 0 Å². The van der Waals surface area contributed by atoms with E-state index in [0.29, 0.717) is 24.0 Å². The Morgan fingerprint density at radius 1 is 1.33 bits per heavy atom. The maximum atomic E-state index is 11.7. The van der Waals surface area contributed by atoms with Crippen LogP contribution in [0.4, 0.5) is 11.5 Å². The molecule has 0 amide bonds. The molecule has 0 aromatic carbocycles. The molecule has 0 bridgehead atoms. The number of fused-ring (bicyclic) bond motifs is 1. The van der Waals surface area contributed by atoms with E-state index in [1.54, 1.807) is 6.92 Å². The van der Waals surface area contributed by atoms with Crippen LogP contribution in [0.5, 0.6) is 0 Å². The predicted molar refractivity (Wildman–Crippen MR) is 115 cm³/mol. The third kappa shape index (κ3) is 5.47. The van der Waals surface area contributed by atoms with Crippen molar-refractivity contribution in [1.82, 2.24) is 9.97 Å². The average Bonchev–Trinajstić information content (AvgIpc) is 3.16. The summed E-state index contributed by atoms with van der Waals surface area (Å²) in [6.45, 7) is 7.70. The summed E-state index contributed by atoms with van der Waals surface area (Å²) >= 11 is 7.74. The third-order valence-electron chi connectivity index (χ3n) is 4.77. The minimum Gasteiger partial charge on any atom is -0.464 e. The number of aromatic nitrogens is 2. The molecule has 1 unspecified atom stereocenters. The number of hydrogen-bond donors (Lipinski definition) is 2. The molecule has 2 fully saturated rings. The van der Waals surface area contributed by atoms with Crippen molar-refractivity contribution in [2.45, 2.75) is 75.8 Å². The first-order chi connectivity index (χ1) is 14.2. The highest BCUT2D eigenvalue weighted by Gasteiger charge is 2.55. The summed E-state index contributed by atoms with van der Waals surface area (Å²) in [4.78, 5) is 20.5. The SMILES string of the molecule is CCCSc1nc(Cl)c(N)c(NC2C[C@H](OCC(=O)OCC)[C@H]3OC(C)(C)O[C@@H]23)n1. The molecule has 2 heterocycles. The highest BCUT2D eigenvalue weighted by atomic mass is 35.5. The van der Waals surface area contributed by atoms with E-state index in [2.05, 4.69) is 22.2 Å². The van der Waals surface area contributed by atoms with Crippen molar-refractivity contribution in [3.63, 3.8) is 0 Å². The van der Waals surface area contributed by atoms with E-state index in [4.69, 9.17) is 36.3 Å². The minimum absolute atomic E-state index is 0.141. The van der Waals surface area contributed by atoms with Gasteiger partial charge >= 0.3 is 5.97 Å². The molecule has 9 nitrogen and oxygen atoms in total. The zero-order valence-electron chi connectivity index (χ0n) is 17.6. The molecule has 3 N–H and O–H groups in total. The van der Waals surface area contributed by atoms with Crippen LogP contribution in [0.3, 0.4) is 0 Å². The predicted octanol–water partition coefficient (Wildman–Crippen LogP) is 2.87. The summed E-state index contributed by atoms with van der Waals surface area (Å²) in [6, 6.07) is -0.193. The number of nitrogen functional groups attached to an aromatic ring is 1. The molecule has 2 aliphatic rings. The molecule has 1 aromatic heterocycles. The molecule has 4 atom stereocenters. The highest BCUT2D eigenvalue weighted by molar-refractivity contribution is 7.99. The van der Waals surface area contributed by atoms with Crippen LogP contribution in [0.2, 0.25) is 5.15 Å². The van der Waals surface area contributed by atoms with Crippen molar-refractivity contribution in [3.8, 4) is 0 Å². The Labute approximate surface area is 185 Å². The van der Waals surface area contributed by atoms with Gasteiger partial charge in [0.2, 0.25) is 0 Å². The van der Waals surface area contributed by atoms with Gasteiger partial charge in [-0.2, -0.15) is 0 Å². The number of halogens is 1. The van der Waals surface area contributed by atoms with E-state index in [0.717, 1.165) is 12.2 Å². The van der Waals surface area contributed by atoms with Crippen molar-refractivity contribution in [3.05, 3.63) is 5.15 Å². The fourth-order valence-corrected chi connectivity index (χ4v) is 4.50. The molecule has 1 aliphatic carbocycles. The Balaban J connectivity index is 1.75. The zero-order valence-corrected chi connectivity index (χ0v) is 19.2. The van der Waals surface area contributed by atoms with Gasteiger partial charge in [0.05, 0.1) is 18.8 Å².